The van der Waals surface area contributed by atoms with E-state index >= 15 is 0 Å². The summed E-state index contributed by atoms with van der Waals surface area (Å²) < 4.78 is 12.1. The number of fused-ring (bicyclic) bond motifs is 2. The Hall–Kier alpha value is -3.83. The van der Waals surface area contributed by atoms with Gasteiger partial charge >= 0.3 is 0 Å². The van der Waals surface area contributed by atoms with Crippen LogP contribution < -0.4 is 10.2 Å². The van der Waals surface area contributed by atoms with E-state index in [0.29, 0.717) is 27.1 Å². The second-order valence-electron chi connectivity index (χ2n) is 9.97. The average Bonchev–Trinajstić information content (AvgIpc) is 3.28. The fourth-order valence-corrected chi connectivity index (χ4v) is 4.42. The normalized spacial score (nSPS) is 11.8. The Morgan fingerprint density at radius 3 is 2.47 bits per heavy atom. The lowest BCUT2D eigenvalue weighted by Gasteiger charge is -2.19. The summed E-state index contributed by atoms with van der Waals surface area (Å²) in [5, 5.41) is 1.56. The van der Waals surface area contributed by atoms with Crippen molar-refractivity contribution in [3.8, 4) is 17.1 Å². The first-order valence-corrected chi connectivity index (χ1v) is 12.1. The Balaban J connectivity index is 1.59. The largest absolute Gasteiger partial charge is 0.478 e. The zero-order chi connectivity index (χ0) is 25.6. The first kappa shape index (κ1) is 23.9. The Kier molecular flexibility index (Phi) is 5.97. The number of ketones is 1. The molecule has 0 spiro atoms. The summed E-state index contributed by atoms with van der Waals surface area (Å²) in [6, 6.07) is 18.7. The minimum Gasteiger partial charge on any atom is -0.478 e. The molecule has 1 N–H and O–H groups in total. The van der Waals surface area contributed by atoms with Crippen LogP contribution in [0.5, 0.6) is 5.75 Å². The van der Waals surface area contributed by atoms with Gasteiger partial charge in [0, 0.05) is 33.2 Å². The van der Waals surface area contributed by atoms with Crippen molar-refractivity contribution in [1.82, 2.24) is 4.98 Å². The van der Waals surface area contributed by atoms with Gasteiger partial charge in [-0.1, -0.05) is 74.8 Å². The topological polar surface area (TPSA) is 72.3 Å². The number of Topliss-reactive ketones (excluding diaryl/α,β-unsaturated/α-hetero) is 1. The number of H-pyrrole nitrogens is 1. The maximum Gasteiger partial charge on any atom is 0.235 e. The van der Waals surface area contributed by atoms with Crippen LogP contribution in [0.4, 0.5) is 0 Å². The molecule has 0 fully saturated rings. The molecule has 0 atom stereocenters. The van der Waals surface area contributed by atoms with E-state index < -0.39 is 0 Å². The van der Waals surface area contributed by atoms with Gasteiger partial charge < -0.3 is 14.1 Å². The lowest BCUT2D eigenvalue weighted by atomic mass is 9.86. The van der Waals surface area contributed by atoms with Crippen molar-refractivity contribution in [2.45, 2.75) is 33.1 Å². The van der Waals surface area contributed by atoms with E-state index in [4.69, 9.17) is 20.8 Å². The Morgan fingerprint density at radius 2 is 1.75 bits per heavy atom. The van der Waals surface area contributed by atoms with Crippen molar-refractivity contribution >= 4 is 39.3 Å². The first-order valence-electron chi connectivity index (χ1n) is 11.7. The molecule has 2 aromatic heterocycles. The molecule has 0 radical (unpaired) electrons. The summed E-state index contributed by atoms with van der Waals surface area (Å²) in [4.78, 5) is 29.7. The highest BCUT2D eigenvalue weighted by atomic mass is 35.5. The molecule has 2 heterocycles. The van der Waals surface area contributed by atoms with Gasteiger partial charge in [-0.2, -0.15) is 0 Å². The molecule has 0 aliphatic heterocycles. The smallest absolute Gasteiger partial charge is 0.235 e. The quantitative estimate of drug-likeness (QED) is 0.255. The summed E-state index contributed by atoms with van der Waals surface area (Å²) >= 11 is 6.30. The summed E-state index contributed by atoms with van der Waals surface area (Å²) in [7, 11) is 0. The van der Waals surface area contributed by atoms with Gasteiger partial charge in [0.1, 0.15) is 5.58 Å². The van der Waals surface area contributed by atoms with Crippen LogP contribution in [0.3, 0.4) is 0 Å². The maximum atomic E-state index is 13.6. The predicted molar refractivity (Wildman–Crippen MR) is 144 cm³/mol. The molecule has 5 aromatic rings. The molecule has 3 aromatic carbocycles. The van der Waals surface area contributed by atoms with Crippen LogP contribution >= 0.6 is 11.6 Å². The van der Waals surface area contributed by atoms with Crippen molar-refractivity contribution in [3.05, 3.63) is 98.8 Å². The van der Waals surface area contributed by atoms with Crippen LogP contribution in [0, 0.1) is 6.92 Å². The van der Waals surface area contributed by atoms with Gasteiger partial charge in [-0.3, -0.25) is 9.59 Å². The number of hydrogen-bond donors (Lipinski definition) is 1. The number of carbonyl (C=O) groups is 1. The molecule has 36 heavy (non-hydrogen) atoms. The number of aromatic nitrogens is 1. The molecule has 0 aliphatic carbocycles. The number of rotatable bonds is 5. The molecule has 5 nitrogen and oxygen atoms in total. The van der Waals surface area contributed by atoms with Crippen molar-refractivity contribution in [1.29, 1.82) is 0 Å². The molecule has 0 bridgehead atoms. The van der Waals surface area contributed by atoms with Crippen LogP contribution in [0.15, 0.2) is 76.1 Å². The van der Waals surface area contributed by atoms with Crippen molar-refractivity contribution in [3.63, 3.8) is 0 Å². The van der Waals surface area contributed by atoms with Gasteiger partial charge in [0.05, 0.1) is 5.39 Å². The van der Waals surface area contributed by atoms with Crippen molar-refractivity contribution < 1.29 is 13.9 Å². The highest BCUT2D eigenvalue weighted by Crippen LogP contribution is 2.34. The third-order valence-electron chi connectivity index (χ3n) is 6.38. The molecular weight excluding hydrogens is 474 g/mol. The summed E-state index contributed by atoms with van der Waals surface area (Å²) in [5.74, 6) is 0.0171. The highest BCUT2D eigenvalue weighted by molar-refractivity contribution is 6.32. The molecule has 6 heteroatoms. The lowest BCUT2D eigenvalue weighted by Crippen LogP contribution is -2.17. The molecule has 0 saturated heterocycles. The molecule has 0 saturated carbocycles. The third kappa shape index (κ3) is 4.31. The maximum absolute atomic E-state index is 13.6. The van der Waals surface area contributed by atoms with Gasteiger partial charge in [-0.25, -0.2) is 0 Å². The highest BCUT2D eigenvalue weighted by Gasteiger charge is 2.22. The van der Waals surface area contributed by atoms with E-state index in [-0.39, 0.29) is 34.7 Å². The minimum absolute atomic E-state index is 0.0147. The Labute approximate surface area is 213 Å². The monoisotopic (exact) mass is 499 g/mol. The Bertz CT molecular complexity index is 1670. The lowest BCUT2D eigenvalue weighted by molar-refractivity contribution is 0.0922. The van der Waals surface area contributed by atoms with Gasteiger partial charge in [0.2, 0.25) is 17.0 Å². The van der Waals surface area contributed by atoms with Gasteiger partial charge in [-0.05, 0) is 41.7 Å². The van der Waals surface area contributed by atoms with Gasteiger partial charge in [-0.15, -0.1) is 0 Å². The van der Waals surface area contributed by atoms with Crippen molar-refractivity contribution in [2.75, 3.05) is 6.61 Å². The zero-order valence-electron chi connectivity index (χ0n) is 20.6. The summed E-state index contributed by atoms with van der Waals surface area (Å²) in [5.41, 5.74) is 4.00. The number of carbonyl (C=O) groups excluding carboxylic acids is 1. The third-order valence-corrected chi connectivity index (χ3v) is 6.79. The number of ether oxygens (including phenoxy) is 1. The molecule has 0 aliphatic rings. The number of aromatic amines is 1. The van der Waals surface area contributed by atoms with Crippen LogP contribution in [-0.2, 0) is 5.41 Å². The van der Waals surface area contributed by atoms with Crippen molar-refractivity contribution in [2.24, 2.45) is 0 Å². The van der Waals surface area contributed by atoms with E-state index in [1.54, 1.807) is 18.3 Å². The molecule has 5 rings (SSSR count). The number of para-hydroxylation sites is 1. The molecule has 0 amide bonds. The Morgan fingerprint density at radius 1 is 1.03 bits per heavy atom. The van der Waals surface area contributed by atoms with E-state index in [1.165, 1.54) is 0 Å². The first-order chi connectivity index (χ1) is 17.1. The average molecular weight is 500 g/mol. The van der Waals surface area contributed by atoms with Crippen LogP contribution in [-0.4, -0.2) is 17.4 Å². The fourth-order valence-electron chi connectivity index (χ4n) is 4.26. The number of halogens is 1. The van der Waals surface area contributed by atoms with Gasteiger partial charge in [0.25, 0.3) is 0 Å². The van der Waals surface area contributed by atoms with Crippen LogP contribution in [0.1, 0.15) is 42.3 Å². The summed E-state index contributed by atoms with van der Waals surface area (Å²) in [6.07, 6.45) is 1.66. The SMILES string of the molecule is Cc1cc2oc(-c3ccc(C(C)(C)C)cc3)c(OCC(=O)c3c[nH]c4ccccc34)c(=O)c2cc1Cl. The van der Waals surface area contributed by atoms with E-state index in [9.17, 15) is 9.59 Å². The van der Waals surface area contributed by atoms with E-state index in [1.807, 2.05) is 55.5 Å². The van der Waals surface area contributed by atoms with Crippen LogP contribution in [0.25, 0.3) is 33.2 Å². The fraction of sp³-hybridized carbons (Fsp3) is 0.200. The minimum atomic E-state index is -0.375. The standard InChI is InChI=1S/C30H26ClNO4/c1-17-13-26-21(14-23(17)31)27(34)29(28(36-26)18-9-11-19(12-10-18)30(2,3)4)35-16-25(33)22-15-32-24-8-6-5-7-20(22)24/h5-15,32H,16H2,1-4H3. The van der Waals surface area contributed by atoms with Gasteiger partial charge in [0.15, 0.2) is 12.4 Å². The number of hydrogen-bond acceptors (Lipinski definition) is 4. The molecular formula is C30H26ClNO4. The van der Waals surface area contributed by atoms with Crippen LogP contribution in [0.2, 0.25) is 5.02 Å². The zero-order valence-corrected chi connectivity index (χ0v) is 21.3. The van der Waals surface area contributed by atoms with E-state index in [0.717, 1.165) is 22.0 Å². The molecule has 182 valence electrons. The molecule has 0 unspecified atom stereocenters. The second-order valence-corrected chi connectivity index (χ2v) is 10.4. The summed E-state index contributed by atoms with van der Waals surface area (Å²) in [6.45, 7) is 7.94. The number of aryl methyl sites for hydroxylation is 1. The number of nitrogens with one attached hydrogen (secondary N) is 1. The number of benzene rings is 3. The van der Waals surface area contributed by atoms with E-state index in [2.05, 4.69) is 25.8 Å². The second kappa shape index (κ2) is 8.99. The predicted octanol–water partition coefficient (Wildman–Crippen LogP) is 7.46.